The van der Waals surface area contributed by atoms with Crippen LogP contribution in [-0.2, 0) is 4.74 Å². The predicted octanol–water partition coefficient (Wildman–Crippen LogP) is 3.29. The molecule has 94 valence electrons. The third-order valence-corrected chi connectivity index (χ3v) is 3.60. The van der Waals surface area contributed by atoms with Crippen molar-refractivity contribution in [2.24, 2.45) is 0 Å². The number of carbonyl (C=O) groups is 1. The fourth-order valence-electron chi connectivity index (χ4n) is 1.24. The Morgan fingerprint density at radius 3 is 2.76 bits per heavy atom. The van der Waals surface area contributed by atoms with Crippen molar-refractivity contribution in [3.63, 3.8) is 0 Å². The Kier molecular flexibility index (Phi) is 5.02. The van der Waals surface area contributed by atoms with Crippen molar-refractivity contribution in [3.05, 3.63) is 29.8 Å². The van der Waals surface area contributed by atoms with Gasteiger partial charge in [-0.05, 0) is 38.5 Å². The fourth-order valence-corrected chi connectivity index (χ4v) is 2.45. The summed E-state index contributed by atoms with van der Waals surface area (Å²) in [5.74, 6) is 0.0221. The molecule has 0 saturated heterocycles. The normalized spacial score (nSPS) is 11.5. The molecule has 0 bridgehead atoms. The highest BCUT2D eigenvalue weighted by Crippen LogP contribution is 2.23. The molecule has 0 heterocycles. The van der Waals surface area contributed by atoms with E-state index in [4.69, 9.17) is 9.84 Å². The minimum Gasteiger partial charge on any atom is -0.478 e. The summed E-state index contributed by atoms with van der Waals surface area (Å²) in [7, 11) is 1.70. The third kappa shape index (κ3) is 4.79. The second-order valence-electron chi connectivity index (χ2n) is 4.40. The molecule has 0 aliphatic carbocycles. The minimum atomic E-state index is -0.885. The third-order valence-electron chi connectivity index (χ3n) is 2.61. The molecule has 3 nitrogen and oxygen atoms in total. The molecule has 0 aliphatic heterocycles. The predicted molar refractivity (Wildman–Crippen MR) is 69.8 cm³/mol. The average Bonchev–Trinajstić information content (AvgIpc) is 2.29. The second-order valence-corrected chi connectivity index (χ2v) is 5.56. The molecule has 0 aromatic heterocycles. The number of hydrogen-bond acceptors (Lipinski definition) is 3. The standard InChI is InChI=1S/C13H18O3S/c1-13(2,16-3)7-8-17-11-6-4-5-10(9-11)12(14)15/h4-6,9H,7-8H2,1-3H3,(H,14,15). The Morgan fingerprint density at radius 1 is 1.47 bits per heavy atom. The van der Waals surface area contributed by atoms with Gasteiger partial charge in [0.25, 0.3) is 0 Å². The zero-order chi connectivity index (χ0) is 12.9. The Balaban J connectivity index is 2.52. The number of methoxy groups -OCH3 is 1. The van der Waals surface area contributed by atoms with Crippen molar-refractivity contribution in [2.45, 2.75) is 30.8 Å². The van der Waals surface area contributed by atoms with Gasteiger partial charge < -0.3 is 9.84 Å². The zero-order valence-electron chi connectivity index (χ0n) is 10.4. The number of rotatable bonds is 6. The Bertz CT molecular complexity index is 388. The number of carboxylic acid groups (broad SMARTS) is 1. The van der Waals surface area contributed by atoms with E-state index in [0.29, 0.717) is 5.56 Å². The van der Waals surface area contributed by atoms with Crippen LogP contribution in [0, 0.1) is 0 Å². The lowest BCUT2D eigenvalue weighted by Gasteiger charge is -2.22. The van der Waals surface area contributed by atoms with Gasteiger partial charge in [-0.3, -0.25) is 0 Å². The van der Waals surface area contributed by atoms with Crippen LogP contribution in [0.15, 0.2) is 29.2 Å². The molecule has 1 aromatic carbocycles. The molecule has 4 heteroatoms. The van der Waals surface area contributed by atoms with Gasteiger partial charge in [0.2, 0.25) is 0 Å². The molecule has 17 heavy (non-hydrogen) atoms. The highest BCUT2D eigenvalue weighted by atomic mass is 32.2. The van der Waals surface area contributed by atoms with E-state index < -0.39 is 5.97 Å². The first kappa shape index (κ1) is 14.1. The molecular weight excluding hydrogens is 236 g/mol. The minimum absolute atomic E-state index is 0.128. The number of ether oxygens (including phenoxy) is 1. The number of aromatic carboxylic acids is 1. The van der Waals surface area contributed by atoms with E-state index in [0.717, 1.165) is 17.1 Å². The summed E-state index contributed by atoms with van der Waals surface area (Å²) in [6, 6.07) is 7.00. The van der Waals surface area contributed by atoms with Gasteiger partial charge in [-0.1, -0.05) is 6.07 Å². The van der Waals surface area contributed by atoms with Crippen LogP contribution in [0.4, 0.5) is 0 Å². The van der Waals surface area contributed by atoms with Gasteiger partial charge in [-0.25, -0.2) is 4.79 Å². The summed E-state index contributed by atoms with van der Waals surface area (Å²) in [5.41, 5.74) is 0.207. The van der Waals surface area contributed by atoms with Gasteiger partial charge >= 0.3 is 5.97 Å². The van der Waals surface area contributed by atoms with Gasteiger partial charge in [0.05, 0.1) is 11.2 Å². The smallest absolute Gasteiger partial charge is 0.335 e. The fraction of sp³-hybridized carbons (Fsp3) is 0.462. The summed E-state index contributed by atoms with van der Waals surface area (Å²) in [6.07, 6.45) is 0.922. The van der Waals surface area contributed by atoms with Crippen molar-refractivity contribution in [3.8, 4) is 0 Å². The van der Waals surface area contributed by atoms with Crippen LogP contribution >= 0.6 is 11.8 Å². The summed E-state index contributed by atoms with van der Waals surface area (Å²) in [5, 5.41) is 8.87. The second kappa shape index (κ2) is 6.07. The summed E-state index contributed by atoms with van der Waals surface area (Å²) < 4.78 is 5.33. The molecular formula is C13H18O3S. The first-order chi connectivity index (χ1) is 7.94. The van der Waals surface area contributed by atoms with Gasteiger partial charge in [0.15, 0.2) is 0 Å². The highest BCUT2D eigenvalue weighted by molar-refractivity contribution is 7.99. The molecule has 0 amide bonds. The largest absolute Gasteiger partial charge is 0.478 e. The molecule has 1 N–H and O–H groups in total. The van der Waals surface area contributed by atoms with E-state index >= 15 is 0 Å². The van der Waals surface area contributed by atoms with Crippen molar-refractivity contribution in [2.75, 3.05) is 12.9 Å². The Morgan fingerprint density at radius 2 is 2.18 bits per heavy atom. The number of thioether (sulfide) groups is 1. The lowest BCUT2D eigenvalue weighted by molar-refractivity contribution is 0.0206. The Labute approximate surface area is 106 Å². The maximum atomic E-state index is 10.8. The van der Waals surface area contributed by atoms with Crippen LogP contribution < -0.4 is 0 Å². The summed E-state index contributed by atoms with van der Waals surface area (Å²) in [4.78, 5) is 11.8. The molecule has 0 atom stereocenters. The molecule has 0 fully saturated rings. The first-order valence-corrected chi connectivity index (χ1v) is 6.44. The first-order valence-electron chi connectivity index (χ1n) is 5.46. The van der Waals surface area contributed by atoms with Gasteiger partial charge in [-0.15, -0.1) is 11.8 Å². The van der Waals surface area contributed by atoms with E-state index in [1.54, 1.807) is 37.1 Å². The van der Waals surface area contributed by atoms with E-state index in [1.165, 1.54) is 0 Å². The molecule has 0 aliphatic rings. The van der Waals surface area contributed by atoms with Crippen LogP contribution in [0.5, 0.6) is 0 Å². The quantitative estimate of drug-likeness (QED) is 0.791. The molecule has 0 unspecified atom stereocenters. The number of hydrogen-bond donors (Lipinski definition) is 1. The molecule has 1 aromatic rings. The van der Waals surface area contributed by atoms with E-state index in [2.05, 4.69) is 0 Å². The summed E-state index contributed by atoms with van der Waals surface area (Å²) in [6.45, 7) is 4.09. The molecule has 0 radical (unpaired) electrons. The lowest BCUT2D eigenvalue weighted by atomic mass is 10.1. The molecule has 1 rings (SSSR count). The number of benzene rings is 1. The van der Waals surface area contributed by atoms with Crippen LogP contribution in [0.2, 0.25) is 0 Å². The monoisotopic (exact) mass is 254 g/mol. The summed E-state index contributed by atoms with van der Waals surface area (Å²) >= 11 is 1.65. The maximum Gasteiger partial charge on any atom is 0.335 e. The topological polar surface area (TPSA) is 46.5 Å². The van der Waals surface area contributed by atoms with E-state index in [-0.39, 0.29) is 5.60 Å². The van der Waals surface area contributed by atoms with Gasteiger partial charge in [0.1, 0.15) is 0 Å². The van der Waals surface area contributed by atoms with Crippen LogP contribution in [0.25, 0.3) is 0 Å². The van der Waals surface area contributed by atoms with Crippen molar-refractivity contribution < 1.29 is 14.6 Å². The van der Waals surface area contributed by atoms with Crippen molar-refractivity contribution >= 4 is 17.7 Å². The van der Waals surface area contributed by atoms with E-state index in [1.807, 2.05) is 19.9 Å². The van der Waals surface area contributed by atoms with Gasteiger partial charge in [0, 0.05) is 17.8 Å². The van der Waals surface area contributed by atoms with E-state index in [9.17, 15) is 4.79 Å². The molecule has 0 saturated carbocycles. The van der Waals surface area contributed by atoms with Crippen LogP contribution in [-0.4, -0.2) is 29.5 Å². The zero-order valence-corrected chi connectivity index (χ0v) is 11.2. The Hall–Kier alpha value is -1.00. The van der Waals surface area contributed by atoms with Crippen LogP contribution in [0.1, 0.15) is 30.6 Å². The highest BCUT2D eigenvalue weighted by Gasteiger charge is 2.15. The van der Waals surface area contributed by atoms with Crippen molar-refractivity contribution in [1.82, 2.24) is 0 Å². The SMILES string of the molecule is COC(C)(C)CCSc1cccc(C(=O)O)c1. The maximum absolute atomic E-state index is 10.8. The van der Waals surface area contributed by atoms with Gasteiger partial charge in [-0.2, -0.15) is 0 Å². The number of carboxylic acids is 1. The lowest BCUT2D eigenvalue weighted by Crippen LogP contribution is -2.22. The molecule has 0 spiro atoms. The van der Waals surface area contributed by atoms with Crippen molar-refractivity contribution in [1.29, 1.82) is 0 Å². The van der Waals surface area contributed by atoms with Crippen LogP contribution in [0.3, 0.4) is 0 Å². The average molecular weight is 254 g/mol.